The van der Waals surface area contributed by atoms with Crippen LogP contribution in [0.15, 0.2) is 54.6 Å². The Morgan fingerprint density at radius 2 is 1.94 bits per heavy atom. The number of hydrogen-bond acceptors (Lipinski definition) is 6. The molecule has 1 unspecified atom stereocenters. The van der Waals surface area contributed by atoms with Gasteiger partial charge in [0.2, 0.25) is 5.13 Å². The van der Waals surface area contributed by atoms with E-state index in [1.54, 1.807) is 0 Å². The molecule has 2 heterocycles. The highest BCUT2D eigenvalue weighted by Crippen LogP contribution is 2.26. The van der Waals surface area contributed by atoms with E-state index in [2.05, 4.69) is 33.6 Å². The van der Waals surface area contributed by atoms with Crippen LogP contribution >= 0.6 is 11.5 Å². The monoisotopic (exact) mass is 437 g/mol. The summed E-state index contributed by atoms with van der Waals surface area (Å²) in [7, 11) is 0. The molecule has 1 saturated heterocycles. The summed E-state index contributed by atoms with van der Waals surface area (Å²) >= 11 is 1.43. The van der Waals surface area contributed by atoms with Crippen molar-refractivity contribution in [3.8, 4) is 5.75 Å². The predicted octanol–water partition coefficient (Wildman–Crippen LogP) is 4.27. The maximum absolute atomic E-state index is 12.9. The van der Waals surface area contributed by atoms with Gasteiger partial charge in [-0.25, -0.2) is 9.78 Å². The number of aromatic nitrogens is 2. The lowest BCUT2D eigenvalue weighted by atomic mass is 10.1. The van der Waals surface area contributed by atoms with E-state index in [0.717, 1.165) is 30.5 Å². The maximum Gasteiger partial charge on any atom is 0.322 e. The standard InChI is InChI=1S/C23H27N5O2S/c1-3-30-20-12-8-7-11-19(20)24-22(29)28-14-13-27(16-17(28)2)23-25-21(26-31-23)15-18-9-5-4-6-10-18/h4-12,17H,3,13-16H2,1-2H3,(H,24,29). The minimum absolute atomic E-state index is 0.0504. The highest BCUT2D eigenvalue weighted by molar-refractivity contribution is 7.09. The number of hydrogen-bond donors (Lipinski definition) is 1. The normalized spacial score (nSPS) is 16.3. The zero-order valence-corrected chi connectivity index (χ0v) is 18.6. The van der Waals surface area contributed by atoms with Gasteiger partial charge in [0.05, 0.1) is 12.3 Å². The third-order valence-electron chi connectivity index (χ3n) is 5.25. The number of carbonyl (C=O) groups is 1. The lowest BCUT2D eigenvalue weighted by molar-refractivity contribution is 0.184. The molecule has 0 spiro atoms. The van der Waals surface area contributed by atoms with Crippen molar-refractivity contribution in [3.63, 3.8) is 0 Å². The zero-order chi connectivity index (χ0) is 21.6. The average Bonchev–Trinajstić information content (AvgIpc) is 3.24. The molecule has 1 aliphatic rings. The van der Waals surface area contributed by atoms with Crippen molar-refractivity contribution in [2.75, 3.05) is 36.5 Å². The molecular formula is C23H27N5O2S. The molecular weight excluding hydrogens is 410 g/mol. The highest BCUT2D eigenvalue weighted by atomic mass is 32.1. The number of piperazine rings is 1. The van der Waals surface area contributed by atoms with Crippen molar-refractivity contribution in [1.29, 1.82) is 0 Å². The molecule has 3 aromatic rings. The number of carbonyl (C=O) groups excluding carboxylic acids is 1. The van der Waals surface area contributed by atoms with Crippen LogP contribution in [-0.4, -0.2) is 52.6 Å². The molecule has 2 amide bonds. The fraction of sp³-hybridized carbons (Fsp3) is 0.348. The Bertz CT molecular complexity index is 1010. The quantitative estimate of drug-likeness (QED) is 0.624. The van der Waals surface area contributed by atoms with Crippen LogP contribution in [0, 0.1) is 0 Å². The summed E-state index contributed by atoms with van der Waals surface area (Å²) in [6.07, 6.45) is 0.731. The fourth-order valence-corrected chi connectivity index (χ4v) is 4.41. The number of nitrogens with zero attached hydrogens (tertiary/aromatic N) is 4. The maximum atomic E-state index is 12.9. The van der Waals surface area contributed by atoms with Crippen molar-refractivity contribution in [2.24, 2.45) is 0 Å². The molecule has 1 fully saturated rings. The topological polar surface area (TPSA) is 70.6 Å². The number of rotatable bonds is 6. The molecule has 4 rings (SSSR count). The van der Waals surface area contributed by atoms with Gasteiger partial charge in [0.15, 0.2) is 0 Å². The number of anilines is 2. The van der Waals surface area contributed by atoms with Crippen molar-refractivity contribution in [1.82, 2.24) is 14.3 Å². The van der Waals surface area contributed by atoms with Gasteiger partial charge in [-0.1, -0.05) is 42.5 Å². The SMILES string of the molecule is CCOc1ccccc1NC(=O)N1CCN(c2nc(Cc3ccccc3)ns2)CC1C. The van der Waals surface area contributed by atoms with Crippen molar-refractivity contribution < 1.29 is 9.53 Å². The van der Waals surface area contributed by atoms with E-state index in [1.807, 2.05) is 54.3 Å². The Kier molecular flexibility index (Phi) is 6.66. The zero-order valence-electron chi connectivity index (χ0n) is 17.8. The molecule has 2 aromatic carbocycles. The first kappa shape index (κ1) is 21.1. The predicted molar refractivity (Wildman–Crippen MR) is 124 cm³/mol. The molecule has 1 N–H and O–H groups in total. The van der Waals surface area contributed by atoms with Crippen LogP contribution in [-0.2, 0) is 6.42 Å². The minimum Gasteiger partial charge on any atom is -0.492 e. The Morgan fingerprint density at radius 1 is 1.16 bits per heavy atom. The second-order valence-corrected chi connectivity index (χ2v) is 8.23. The number of para-hydroxylation sites is 2. The second-order valence-electron chi connectivity index (χ2n) is 7.50. The summed E-state index contributed by atoms with van der Waals surface area (Å²) < 4.78 is 10.1. The van der Waals surface area contributed by atoms with Crippen LogP contribution in [0.4, 0.5) is 15.6 Å². The van der Waals surface area contributed by atoms with E-state index >= 15 is 0 Å². The van der Waals surface area contributed by atoms with Crippen molar-refractivity contribution >= 4 is 28.4 Å². The molecule has 8 heteroatoms. The number of nitrogens with one attached hydrogen (secondary N) is 1. The molecule has 0 radical (unpaired) electrons. The van der Waals surface area contributed by atoms with Gasteiger partial charge in [0.25, 0.3) is 0 Å². The number of amides is 2. The van der Waals surface area contributed by atoms with Gasteiger partial charge in [-0.05, 0) is 31.5 Å². The number of urea groups is 1. The van der Waals surface area contributed by atoms with E-state index < -0.39 is 0 Å². The Labute approximate surface area is 186 Å². The van der Waals surface area contributed by atoms with Crippen molar-refractivity contribution in [2.45, 2.75) is 26.3 Å². The van der Waals surface area contributed by atoms with Crippen LogP contribution < -0.4 is 15.0 Å². The summed E-state index contributed by atoms with van der Waals surface area (Å²) in [5, 5.41) is 3.92. The smallest absolute Gasteiger partial charge is 0.322 e. The van der Waals surface area contributed by atoms with Crippen molar-refractivity contribution in [3.05, 3.63) is 66.0 Å². The van der Waals surface area contributed by atoms with Gasteiger partial charge < -0.3 is 19.9 Å². The van der Waals surface area contributed by atoms with Gasteiger partial charge in [0, 0.05) is 43.6 Å². The van der Waals surface area contributed by atoms with E-state index in [0.29, 0.717) is 24.6 Å². The van der Waals surface area contributed by atoms with Crippen LogP contribution in [0.25, 0.3) is 0 Å². The van der Waals surface area contributed by atoms with Gasteiger partial charge in [-0.3, -0.25) is 0 Å². The highest BCUT2D eigenvalue weighted by Gasteiger charge is 2.29. The molecule has 1 aromatic heterocycles. The second kappa shape index (κ2) is 9.78. The number of benzene rings is 2. The molecule has 1 aliphatic heterocycles. The average molecular weight is 438 g/mol. The molecule has 0 aliphatic carbocycles. The summed E-state index contributed by atoms with van der Waals surface area (Å²) in [4.78, 5) is 21.7. The summed E-state index contributed by atoms with van der Waals surface area (Å²) in [5.41, 5.74) is 1.90. The largest absolute Gasteiger partial charge is 0.492 e. The summed E-state index contributed by atoms with van der Waals surface area (Å²) in [6, 6.07) is 17.7. The van der Waals surface area contributed by atoms with E-state index in [-0.39, 0.29) is 12.1 Å². The third-order valence-corrected chi connectivity index (χ3v) is 6.06. The fourth-order valence-electron chi connectivity index (χ4n) is 3.69. The molecule has 0 saturated carbocycles. The molecule has 162 valence electrons. The molecule has 31 heavy (non-hydrogen) atoms. The van der Waals surface area contributed by atoms with Crippen LogP contribution in [0.3, 0.4) is 0 Å². The first-order valence-corrected chi connectivity index (χ1v) is 11.3. The van der Waals surface area contributed by atoms with Crippen LogP contribution in [0.1, 0.15) is 25.2 Å². The Morgan fingerprint density at radius 3 is 2.71 bits per heavy atom. The molecule has 7 nitrogen and oxygen atoms in total. The lowest BCUT2D eigenvalue weighted by Crippen LogP contribution is -2.55. The number of ether oxygens (including phenoxy) is 1. The van der Waals surface area contributed by atoms with Gasteiger partial charge in [0.1, 0.15) is 11.6 Å². The lowest BCUT2D eigenvalue weighted by Gasteiger charge is -2.39. The molecule has 1 atom stereocenters. The van der Waals surface area contributed by atoms with E-state index in [1.165, 1.54) is 17.1 Å². The van der Waals surface area contributed by atoms with E-state index in [9.17, 15) is 4.79 Å². The first-order chi connectivity index (χ1) is 15.1. The van der Waals surface area contributed by atoms with Crippen LogP contribution in [0.2, 0.25) is 0 Å². The summed E-state index contributed by atoms with van der Waals surface area (Å²) in [5.74, 6) is 1.52. The van der Waals surface area contributed by atoms with E-state index in [4.69, 9.17) is 9.72 Å². The summed E-state index contributed by atoms with van der Waals surface area (Å²) in [6.45, 7) is 6.61. The van der Waals surface area contributed by atoms with Gasteiger partial charge in [-0.2, -0.15) is 4.37 Å². The molecule has 0 bridgehead atoms. The third kappa shape index (κ3) is 5.14. The van der Waals surface area contributed by atoms with Gasteiger partial charge >= 0.3 is 6.03 Å². The first-order valence-electron chi connectivity index (χ1n) is 10.5. The van der Waals surface area contributed by atoms with Gasteiger partial charge in [-0.15, -0.1) is 0 Å². The minimum atomic E-state index is -0.110. The Balaban J connectivity index is 1.36. The van der Waals surface area contributed by atoms with Crippen LogP contribution in [0.5, 0.6) is 5.75 Å². The Hall–Kier alpha value is -3.13.